The van der Waals surface area contributed by atoms with Crippen LogP contribution < -0.4 is 5.32 Å². The van der Waals surface area contributed by atoms with Crippen LogP contribution in [0.1, 0.15) is 43.9 Å². The fourth-order valence-electron chi connectivity index (χ4n) is 2.41. The zero-order chi connectivity index (χ0) is 14.9. The molecule has 1 N–H and O–H groups in total. The first kappa shape index (κ1) is 16.6. The monoisotopic (exact) mass is 319 g/mol. The first-order valence-corrected chi connectivity index (χ1v) is 9.73. The van der Waals surface area contributed by atoms with Gasteiger partial charge in [-0.15, -0.1) is 11.8 Å². The minimum atomic E-state index is 0.463. The predicted octanol–water partition coefficient (Wildman–Crippen LogP) is 5.53. The third-order valence-electron chi connectivity index (χ3n) is 3.54. The molecule has 3 heteroatoms. The van der Waals surface area contributed by atoms with Crippen molar-refractivity contribution in [3.63, 3.8) is 0 Å². The molecule has 1 heterocycles. The zero-order valence-electron chi connectivity index (χ0n) is 13.0. The van der Waals surface area contributed by atoms with E-state index in [0.717, 1.165) is 25.1 Å². The lowest BCUT2D eigenvalue weighted by molar-refractivity contribution is 0.499. The van der Waals surface area contributed by atoms with Gasteiger partial charge in [0.15, 0.2) is 0 Å². The van der Waals surface area contributed by atoms with Crippen molar-refractivity contribution >= 4 is 23.1 Å². The highest BCUT2D eigenvalue weighted by molar-refractivity contribution is 7.99. The van der Waals surface area contributed by atoms with Gasteiger partial charge in [0.05, 0.1) is 0 Å². The van der Waals surface area contributed by atoms with Crippen molar-refractivity contribution in [1.82, 2.24) is 5.32 Å². The van der Waals surface area contributed by atoms with Crippen LogP contribution in [-0.2, 0) is 6.42 Å². The molecule has 0 amide bonds. The van der Waals surface area contributed by atoms with E-state index in [1.165, 1.54) is 22.4 Å². The SMILES string of the molecule is CCCNC(CCc1ccsc1)c1ccc(SCC)cc1. The molecule has 114 valence electrons. The second kappa shape index (κ2) is 9.29. The van der Waals surface area contributed by atoms with E-state index in [4.69, 9.17) is 0 Å². The summed E-state index contributed by atoms with van der Waals surface area (Å²) in [5.74, 6) is 1.13. The van der Waals surface area contributed by atoms with E-state index in [9.17, 15) is 0 Å². The van der Waals surface area contributed by atoms with Crippen LogP contribution in [0.2, 0.25) is 0 Å². The lowest BCUT2D eigenvalue weighted by Gasteiger charge is -2.19. The van der Waals surface area contributed by atoms with Gasteiger partial charge in [-0.1, -0.05) is 26.0 Å². The summed E-state index contributed by atoms with van der Waals surface area (Å²) >= 11 is 3.70. The Morgan fingerprint density at radius 2 is 1.95 bits per heavy atom. The van der Waals surface area contributed by atoms with Crippen molar-refractivity contribution in [2.24, 2.45) is 0 Å². The zero-order valence-corrected chi connectivity index (χ0v) is 14.6. The van der Waals surface area contributed by atoms with Crippen LogP contribution >= 0.6 is 23.1 Å². The molecule has 1 aromatic carbocycles. The summed E-state index contributed by atoms with van der Waals surface area (Å²) in [6, 6.07) is 11.8. The molecule has 2 aromatic rings. The lowest BCUT2D eigenvalue weighted by Crippen LogP contribution is -2.22. The van der Waals surface area contributed by atoms with E-state index < -0.39 is 0 Å². The van der Waals surface area contributed by atoms with Crippen LogP contribution in [0.4, 0.5) is 0 Å². The minimum Gasteiger partial charge on any atom is -0.310 e. The minimum absolute atomic E-state index is 0.463. The summed E-state index contributed by atoms with van der Waals surface area (Å²) < 4.78 is 0. The normalized spacial score (nSPS) is 12.5. The maximum atomic E-state index is 3.70. The summed E-state index contributed by atoms with van der Waals surface area (Å²) in [5, 5.41) is 8.13. The van der Waals surface area contributed by atoms with Crippen molar-refractivity contribution in [1.29, 1.82) is 0 Å². The van der Waals surface area contributed by atoms with Gasteiger partial charge < -0.3 is 5.32 Å². The van der Waals surface area contributed by atoms with Gasteiger partial charge in [0.25, 0.3) is 0 Å². The molecule has 0 fully saturated rings. The molecular weight excluding hydrogens is 294 g/mol. The van der Waals surface area contributed by atoms with Crippen LogP contribution in [0.25, 0.3) is 0 Å². The number of aryl methyl sites for hydroxylation is 1. The third kappa shape index (κ3) is 5.50. The van der Waals surface area contributed by atoms with E-state index >= 15 is 0 Å². The number of nitrogens with one attached hydrogen (secondary N) is 1. The molecule has 0 saturated heterocycles. The van der Waals surface area contributed by atoms with Crippen molar-refractivity contribution in [2.45, 2.75) is 44.0 Å². The first-order valence-electron chi connectivity index (χ1n) is 7.80. The van der Waals surface area contributed by atoms with Crippen molar-refractivity contribution in [2.75, 3.05) is 12.3 Å². The molecule has 0 radical (unpaired) electrons. The smallest absolute Gasteiger partial charge is 0.0323 e. The molecular formula is C18H25NS2. The molecule has 1 aromatic heterocycles. The largest absolute Gasteiger partial charge is 0.310 e. The Kier molecular flexibility index (Phi) is 7.34. The summed E-state index contributed by atoms with van der Waals surface area (Å²) in [4.78, 5) is 1.37. The number of benzene rings is 1. The Labute approximate surface area is 137 Å². The maximum absolute atomic E-state index is 3.70. The Bertz CT molecular complexity index is 490. The number of hydrogen-bond donors (Lipinski definition) is 1. The average Bonchev–Trinajstić information content (AvgIpc) is 3.02. The van der Waals surface area contributed by atoms with Crippen LogP contribution in [0.3, 0.4) is 0 Å². The molecule has 0 aliphatic carbocycles. The maximum Gasteiger partial charge on any atom is 0.0323 e. The number of thioether (sulfide) groups is 1. The van der Waals surface area contributed by atoms with Gasteiger partial charge in [0.2, 0.25) is 0 Å². The van der Waals surface area contributed by atoms with Gasteiger partial charge in [-0.25, -0.2) is 0 Å². The van der Waals surface area contributed by atoms with Crippen LogP contribution in [0.5, 0.6) is 0 Å². The van der Waals surface area contributed by atoms with Crippen LogP contribution in [-0.4, -0.2) is 12.3 Å². The van der Waals surface area contributed by atoms with Crippen LogP contribution in [0, 0.1) is 0 Å². The third-order valence-corrected chi connectivity index (χ3v) is 5.16. The summed E-state index contributed by atoms with van der Waals surface area (Å²) in [6.07, 6.45) is 3.49. The highest BCUT2D eigenvalue weighted by Crippen LogP contribution is 2.24. The molecule has 1 nitrogen and oxygen atoms in total. The molecule has 1 atom stereocenters. The van der Waals surface area contributed by atoms with Crippen molar-refractivity contribution < 1.29 is 0 Å². The summed E-state index contributed by atoms with van der Waals surface area (Å²) in [7, 11) is 0. The predicted molar refractivity (Wildman–Crippen MR) is 96.5 cm³/mol. The molecule has 0 spiro atoms. The number of hydrogen-bond acceptors (Lipinski definition) is 3. The quantitative estimate of drug-likeness (QED) is 0.610. The summed E-state index contributed by atoms with van der Waals surface area (Å²) in [6.45, 7) is 5.51. The highest BCUT2D eigenvalue weighted by atomic mass is 32.2. The Hall–Kier alpha value is -0.770. The van der Waals surface area contributed by atoms with Gasteiger partial charge in [-0.05, 0) is 71.6 Å². The van der Waals surface area contributed by atoms with Crippen LogP contribution in [0.15, 0.2) is 46.0 Å². The first-order chi connectivity index (χ1) is 10.3. The van der Waals surface area contributed by atoms with E-state index in [1.807, 2.05) is 11.8 Å². The molecule has 0 bridgehead atoms. The fraction of sp³-hybridized carbons (Fsp3) is 0.444. The molecule has 1 unspecified atom stereocenters. The lowest BCUT2D eigenvalue weighted by atomic mass is 10.00. The fourth-order valence-corrected chi connectivity index (χ4v) is 3.78. The Morgan fingerprint density at radius 1 is 1.14 bits per heavy atom. The van der Waals surface area contributed by atoms with Crippen molar-refractivity contribution in [3.8, 4) is 0 Å². The number of thiophene rings is 1. The van der Waals surface area contributed by atoms with E-state index in [-0.39, 0.29) is 0 Å². The average molecular weight is 320 g/mol. The molecule has 0 aliphatic heterocycles. The summed E-state index contributed by atoms with van der Waals surface area (Å²) in [5.41, 5.74) is 2.88. The van der Waals surface area contributed by atoms with E-state index in [1.54, 1.807) is 11.3 Å². The van der Waals surface area contributed by atoms with E-state index in [2.05, 4.69) is 60.3 Å². The van der Waals surface area contributed by atoms with Crippen molar-refractivity contribution in [3.05, 3.63) is 52.2 Å². The Balaban J connectivity index is 1.99. The van der Waals surface area contributed by atoms with E-state index in [0.29, 0.717) is 6.04 Å². The van der Waals surface area contributed by atoms with Gasteiger partial charge >= 0.3 is 0 Å². The second-order valence-corrected chi connectivity index (χ2v) is 7.30. The molecule has 2 rings (SSSR count). The molecule has 0 aliphatic rings. The Morgan fingerprint density at radius 3 is 2.57 bits per heavy atom. The highest BCUT2D eigenvalue weighted by Gasteiger charge is 2.11. The van der Waals surface area contributed by atoms with Gasteiger partial charge in [0.1, 0.15) is 0 Å². The van der Waals surface area contributed by atoms with Gasteiger partial charge in [-0.2, -0.15) is 11.3 Å². The topological polar surface area (TPSA) is 12.0 Å². The molecule has 21 heavy (non-hydrogen) atoms. The molecule has 0 saturated carbocycles. The van der Waals surface area contributed by atoms with Gasteiger partial charge in [-0.3, -0.25) is 0 Å². The number of rotatable bonds is 9. The van der Waals surface area contributed by atoms with Gasteiger partial charge in [0, 0.05) is 10.9 Å². The second-order valence-electron chi connectivity index (χ2n) is 5.18. The standard InChI is InChI=1S/C18H25NS2/c1-3-12-19-18(10-5-15-11-13-20-14-15)16-6-8-17(9-7-16)21-4-2/h6-9,11,13-14,18-19H,3-5,10,12H2,1-2H3.